The molecular weight excluding hydrogens is 384 g/mol. The van der Waals surface area contributed by atoms with Crippen molar-refractivity contribution in [3.63, 3.8) is 0 Å². The number of ether oxygens (including phenoxy) is 1. The van der Waals surface area contributed by atoms with Crippen molar-refractivity contribution in [2.45, 2.75) is 51.5 Å². The molecule has 1 aliphatic carbocycles. The summed E-state index contributed by atoms with van der Waals surface area (Å²) < 4.78 is 5.54. The van der Waals surface area contributed by atoms with Crippen molar-refractivity contribution >= 4 is 29.1 Å². The first-order chi connectivity index (χ1) is 14.4. The Morgan fingerprint density at radius 2 is 1.50 bits per heavy atom. The molecule has 0 aromatic heterocycles. The summed E-state index contributed by atoms with van der Waals surface area (Å²) in [5.41, 5.74) is 1.41. The average molecular weight is 418 g/mol. The zero-order valence-corrected chi connectivity index (χ0v) is 17.9. The normalized spacial score (nSPS) is 19.0. The summed E-state index contributed by atoms with van der Waals surface area (Å²) in [5.74, 6) is -0.678. The van der Waals surface area contributed by atoms with E-state index in [1.54, 1.807) is 18.2 Å². The molecule has 0 bridgehead atoms. The summed E-state index contributed by atoms with van der Waals surface area (Å²) in [5, 5.41) is 8.52. The van der Waals surface area contributed by atoms with Crippen LogP contribution in [-0.2, 0) is 14.3 Å². The third-order valence-corrected chi connectivity index (χ3v) is 6.08. The van der Waals surface area contributed by atoms with Crippen molar-refractivity contribution in [1.29, 1.82) is 0 Å². The number of anilines is 2. The third kappa shape index (κ3) is 5.79. The molecule has 0 radical (unpaired) electrons. The van der Waals surface area contributed by atoms with Crippen molar-refractivity contribution in [3.05, 3.63) is 23.8 Å². The summed E-state index contributed by atoms with van der Waals surface area (Å²) >= 11 is 0. The van der Waals surface area contributed by atoms with Crippen LogP contribution in [0.5, 0.6) is 0 Å². The highest BCUT2D eigenvalue weighted by molar-refractivity contribution is 5.99. The van der Waals surface area contributed by atoms with Crippen molar-refractivity contribution < 1.29 is 24.0 Å². The highest BCUT2D eigenvalue weighted by atomic mass is 16.5. The van der Waals surface area contributed by atoms with Gasteiger partial charge in [0.2, 0.25) is 11.8 Å². The van der Waals surface area contributed by atoms with Gasteiger partial charge in [0.05, 0.1) is 19.8 Å². The monoisotopic (exact) mass is 417 g/mol. The number of amides is 3. The summed E-state index contributed by atoms with van der Waals surface area (Å²) in [4.78, 5) is 37.5. The van der Waals surface area contributed by atoms with Crippen LogP contribution in [0.4, 0.5) is 11.4 Å². The first kappa shape index (κ1) is 22.2. The lowest BCUT2D eigenvalue weighted by Crippen LogP contribution is -3.23. The molecule has 0 spiro atoms. The smallest absolute Gasteiger partial charge is 0.251 e. The van der Waals surface area contributed by atoms with Crippen LogP contribution in [0.1, 0.15) is 56.3 Å². The minimum absolute atomic E-state index is 0.0490. The maximum Gasteiger partial charge on any atom is 0.251 e. The van der Waals surface area contributed by atoms with Gasteiger partial charge in [-0.25, -0.2) is 0 Å². The molecule has 164 valence electrons. The van der Waals surface area contributed by atoms with Gasteiger partial charge >= 0.3 is 0 Å². The molecule has 0 atom stereocenters. The zero-order chi connectivity index (χ0) is 21.6. The Morgan fingerprint density at radius 1 is 0.933 bits per heavy atom. The standard InChI is InChI=1S/C22H32N4O4/c1-16(27)24-19-12-18(13-20(14-19)25-17(2)28)21(29)23-15-22(6-4-3-5-7-22)26-8-10-30-11-9-26/h12-14H,3-11,15H2,1-2H3,(H,23,29)(H,24,27)(H,25,28)/p+1. The average Bonchev–Trinajstić information content (AvgIpc) is 2.72. The molecule has 2 fully saturated rings. The second kappa shape index (κ2) is 10.0. The second-order valence-corrected chi connectivity index (χ2v) is 8.40. The van der Waals surface area contributed by atoms with Gasteiger partial charge in [-0.2, -0.15) is 0 Å². The maximum absolute atomic E-state index is 13.0. The number of morpholine rings is 1. The van der Waals surface area contributed by atoms with E-state index in [1.165, 1.54) is 38.0 Å². The molecule has 1 saturated carbocycles. The Labute approximate surface area is 177 Å². The summed E-state index contributed by atoms with van der Waals surface area (Å²) in [6, 6.07) is 4.91. The van der Waals surface area contributed by atoms with Gasteiger partial charge in [-0.15, -0.1) is 0 Å². The minimum atomic E-state index is -0.238. The SMILES string of the molecule is CC(=O)Nc1cc(NC(C)=O)cc(C(=O)NCC2([NH+]3CCOCC3)CCCCC2)c1. The van der Waals surface area contributed by atoms with Crippen molar-refractivity contribution in [2.24, 2.45) is 0 Å². The Kier molecular flexibility index (Phi) is 7.44. The molecule has 2 aliphatic rings. The van der Waals surface area contributed by atoms with E-state index in [0.717, 1.165) is 39.1 Å². The van der Waals surface area contributed by atoms with Gasteiger partial charge in [0.25, 0.3) is 5.91 Å². The molecule has 1 saturated heterocycles. The van der Waals surface area contributed by atoms with Crippen molar-refractivity contribution in [1.82, 2.24) is 5.32 Å². The summed E-state index contributed by atoms with van der Waals surface area (Å²) in [7, 11) is 0. The Morgan fingerprint density at radius 3 is 2.03 bits per heavy atom. The van der Waals surface area contributed by atoms with E-state index in [-0.39, 0.29) is 23.3 Å². The highest BCUT2D eigenvalue weighted by Gasteiger charge is 2.42. The van der Waals surface area contributed by atoms with Crippen LogP contribution in [0.25, 0.3) is 0 Å². The molecule has 1 aromatic rings. The lowest BCUT2D eigenvalue weighted by molar-refractivity contribution is -0.960. The molecule has 3 amide bonds. The number of hydrogen-bond acceptors (Lipinski definition) is 4. The molecule has 3 rings (SSSR count). The van der Waals surface area contributed by atoms with E-state index in [0.29, 0.717) is 23.5 Å². The fourth-order valence-electron chi connectivity index (χ4n) is 4.69. The maximum atomic E-state index is 13.0. The van der Waals surface area contributed by atoms with Gasteiger partial charge in [0, 0.05) is 43.6 Å². The van der Waals surface area contributed by atoms with E-state index in [2.05, 4.69) is 16.0 Å². The van der Waals surface area contributed by atoms with Gasteiger partial charge in [0.15, 0.2) is 0 Å². The van der Waals surface area contributed by atoms with Gasteiger partial charge in [-0.05, 0) is 31.0 Å². The number of nitrogens with one attached hydrogen (secondary N) is 4. The van der Waals surface area contributed by atoms with E-state index in [4.69, 9.17) is 4.74 Å². The zero-order valence-electron chi connectivity index (χ0n) is 17.9. The predicted molar refractivity (Wildman–Crippen MR) is 115 cm³/mol. The molecule has 8 heteroatoms. The van der Waals surface area contributed by atoms with Crippen LogP contribution >= 0.6 is 0 Å². The van der Waals surface area contributed by atoms with Crippen LogP contribution in [0.3, 0.4) is 0 Å². The minimum Gasteiger partial charge on any atom is -0.370 e. The van der Waals surface area contributed by atoms with Crippen LogP contribution < -0.4 is 20.9 Å². The lowest BCUT2D eigenvalue weighted by Gasteiger charge is -2.45. The highest BCUT2D eigenvalue weighted by Crippen LogP contribution is 2.26. The van der Waals surface area contributed by atoms with E-state index >= 15 is 0 Å². The van der Waals surface area contributed by atoms with E-state index in [1.807, 2.05) is 0 Å². The largest absolute Gasteiger partial charge is 0.370 e. The van der Waals surface area contributed by atoms with Gasteiger partial charge in [-0.3, -0.25) is 14.4 Å². The number of quaternary nitrogens is 1. The van der Waals surface area contributed by atoms with Crippen molar-refractivity contribution in [3.8, 4) is 0 Å². The molecule has 8 nitrogen and oxygen atoms in total. The molecule has 1 heterocycles. The quantitative estimate of drug-likeness (QED) is 0.554. The molecule has 1 aromatic carbocycles. The Balaban J connectivity index is 1.76. The number of carbonyl (C=O) groups is 3. The molecular formula is C22H33N4O4+. The number of carbonyl (C=O) groups excluding carboxylic acids is 3. The molecule has 0 unspecified atom stereocenters. The summed E-state index contributed by atoms with van der Waals surface area (Å²) in [6.45, 7) is 6.90. The van der Waals surface area contributed by atoms with Crippen LogP contribution in [-0.4, -0.2) is 56.1 Å². The molecule has 4 N–H and O–H groups in total. The summed E-state index contributed by atoms with van der Waals surface area (Å²) in [6.07, 6.45) is 5.82. The van der Waals surface area contributed by atoms with E-state index in [9.17, 15) is 14.4 Å². The second-order valence-electron chi connectivity index (χ2n) is 8.40. The van der Waals surface area contributed by atoms with Gasteiger partial charge in [0.1, 0.15) is 18.6 Å². The number of rotatable bonds is 6. The first-order valence-corrected chi connectivity index (χ1v) is 10.8. The lowest BCUT2D eigenvalue weighted by atomic mass is 9.79. The van der Waals surface area contributed by atoms with Crippen molar-refractivity contribution in [2.75, 3.05) is 43.5 Å². The Hall–Kier alpha value is -2.45. The predicted octanol–water partition coefficient (Wildman–Crippen LogP) is 0.951. The third-order valence-electron chi connectivity index (χ3n) is 6.08. The fraction of sp³-hybridized carbons (Fsp3) is 0.591. The van der Waals surface area contributed by atoms with Gasteiger partial charge < -0.3 is 25.6 Å². The number of benzene rings is 1. The van der Waals surface area contributed by atoms with Gasteiger partial charge in [-0.1, -0.05) is 6.42 Å². The fourth-order valence-corrected chi connectivity index (χ4v) is 4.69. The topological polar surface area (TPSA) is 101 Å². The molecule has 1 aliphatic heterocycles. The number of hydrogen-bond donors (Lipinski definition) is 4. The van der Waals surface area contributed by atoms with Crippen LogP contribution in [0.15, 0.2) is 18.2 Å². The molecule has 30 heavy (non-hydrogen) atoms. The van der Waals surface area contributed by atoms with Crippen LogP contribution in [0.2, 0.25) is 0 Å². The Bertz CT molecular complexity index is 749. The first-order valence-electron chi connectivity index (χ1n) is 10.8. The van der Waals surface area contributed by atoms with Crippen LogP contribution in [0, 0.1) is 0 Å². The van der Waals surface area contributed by atoms with E-state index < -0.39 is 0 Å².